The van der Waals surface area contributed by atoms with Gasteiger partial charge in [-0.1, -0.05) is 29.8 Å². The zero-order valence-corrected chi connectivity index (χ0v) is 15.4. The Labute approximate surface area is 147 Å². The molecule has 0 fully saturated rings. The highest BCUT2D eigenvalue weighted by atomic mass is 32.2. The molecule has 0 unspecified atom stereocenters. The Hall–Kier alpha value is -2.54. The Morgan fingerprint density at radius 2 is 1.60 bits per heavy atom. The van der Waals surface area contributed by atoms with Crippen LogP contribution < -0.4 is 9.50 Å². The van der Waals surface area contributed by atoms with E-state index in [9.17, 15) is 13.2 Å². The average Bonchev–Trinajstić information content (AvgIpc) is 2.47. The van der Waals surface area contributed by atoms with E-state index in [2.05, 4.69) is 5.32 Å². The molecule has 0 bridgehead atoms. The number of carbonyl (C=O) groups excluding carboxylic acids is 1. The predicted molar refractivity (Wildman–Crippen MR) is 95.3 cm³/mol. The van der Waals surface area contributed by atoms with Crippen molar-refractivity contribution in [2.75, 3.05) is 5.32 Å². The van der Waals surface area contributed by atoms with E-state index in [-0.39, 0.29) is 16.3 Å². The molecule has 0 aliphatic rings. The van der Waals surface area contributed by atoms with Gasteiger partial charge in [0.1, 0.15) is 10.5 Å². The van der Waals surface area contributed by atoms with Crippen LogP contribution in [0.25, 0.3) is 0 Å². The van der Waals surface area contributed by atoms with E-state index in [4.69, 9.17) is 8.92 Å². The van der Waals surface area contributed by atoms with Gasteiger partial charge in [0.05, 0.1) is 5.69 Å². The third-order valence-corrected chi connectivity index (χ3v) is 4.28. The number of carbonyl (C=O) groups is 1. The van der Waals surface area contributed by atoms with Crippen LogP contribution in [0.5, 0.6) is 5.75 Å². The summed E-state index contributed by atoms with van der Waals surface area (Å²) in [4.78, 5) is 11.9. The fraction of sp³-hybridized carbons (Fsp3) is 0.278. The summed E-state index contributed by atoms with van der Waals surface area (Å²) in [5.41, 5.74) is 0.465. The number of anilines is 1. The first-order valence-electron chi connectivity index (χ1n) is 7.67. The maximum atomic E-state index is 12.4. The van der Waals surface area contributed by atoms with E-state index >= 15 is 0 Å². The van der Waals surface area contributed by atoms with Crippen LogP contribution >= 0.6 is 0 Å². The van der Waals surface area contributed by atoms with Crippen molar-refractivity contribution >= 4 is 21.9 Å². The first-order chi connectivity index (χ1) is 11.6. The van der Waals surface area contributed by atoms with Crippen LogP contribution in [0.3, 0.4) is 0 Å². The van der Waals surface area contributed by atoms with Crippen molar-refractivity contribution < 1.29 is 22.1 Å². The van der Waals surface area contributed by atoms with Gasteiger partial charge in [-0.2, -0.15) is 8.42 Å². The van der Waals surface area contributed by atoms with E-state index in [1.807, 2.05) is 6.92 Å². The second-order valence-electron chi connectivity index (χ2n) is 6.47. The van der Waals surface area contributed by atoms with E-state index in [1.165, 1.54) is 24.3 Å². The molecule has 2 aromatic rings. The number of aryl methyl sites for hydroxylation is 1. The number of para-hydroxylation sites is 2. The highest BCUT2D eigenvalue weighted by Gasteiger charge is 2.21. The average molecular weight is 363 g/mol. The Kier molecular flexibility index (Phi) is 5.37. The number of nitrogens with one attached hydrogen (secondary N) is 1. The quantitative estimate of drug-likeness (QED) is 0.827. The maximum absolute atomic E-state index is 12.4. The molecular weight excluding hydrogens is 342 g/mol. The van der Waals surface area contributed by atoms with Crippen molar-refractivity contribution in [3.8, 4) is 5.75 Å². The molecule has 0 heterocycles. The van der Waals surface area contributed by atoms with Crippen LogP contribution in [0.1, 0.15) is 26.3 Å². The Balaban J connectivity index is 2.23. The van der Waals surface area contributed by atoms with Gasteiger partial charge in [0.15, 0.2) is 5.75 Å². The largest absolute Gasteiger partial charge is 0.444 e. The number of hydrogen-bond donors (Lipinski definition) is 1. The Morgan fingerprint density at radius 3 is 2.20 bits per heavy atom. The van der Waals surface area contributed by atoms with Gasteiger partial charge in [0.2, 0.25) is 0 Å². The lowest BCUT2D eigenvalue weighted by Gasteiger charge is -2.20. The van der Waals surface area contributed by atoms with Gasteiger partial charge < -0.3 is 8.92 Å². The summed E-state index contributed by atoms with van der Waals surface area (Å²) < 4.78 is 35.2. The molecule has 1 N–H and O–H groups in total. The van der Waals surface area contributed by atoms with Gasteiger partial charge in [-0.05, 0) is 52.0 Å². The number of amides is 1. The third-order valence-electron chi connectivity index (χ3n) is 3.03. The SMILES string of the molecule is Cc1ccc(S(=O)(=O)Oc2ccccc2NC(=O)OC(C)(C)C)cc1. The first-order valence-corrected chi connectivity index (χ1v) is 9.08. The summed E-state index contributed by atoms with van der Waals surface area (Å²) in [6.07, 6.45) is -0.698. The maximum Gasteiger partial charge on any atom is 0.412 e. The second kappa shape index (κ2) is 7.14. The molecule has 0 aliphatic heterocycles. The number of rotatable bonds is 4. The Morgan fingerprint density at radius 1 is 1.00 bits per heavy atom. The molecule has 134 valence electrons. The molecule has 2 aromatic carbocycles. The van der Waals surface area contributed by atoms with E-state index < -0.39 is 21.8 Å². The van der Waals surface area contributed by atoms with Crippen molar-refractivity contribution in [1.82, 2.24) is 0 Å². The third kappa shape index (κ3) is 5.49. The molecule has 2 rings (SSSR count). The van der Waals surface area contributed by atoms with E-state index in [0.717, 1.165) is 5.56 Å². The van der Waals surface area contributed by atoms with Gasteiger partial charge in [-0.3, -0.25) is 5.32 Å². The normalized spacial score (nSPS) is 11.7. The number of ether oxygens (including phenoxy) is 1. The van der Waals surface area contributed by atoms with Crippen molar-refractivity contribution in [2.24, 2.45) is 0 Å². The van der Waals surface area contributed by atoms with Crippen LogP contribution in [-0.2, 0) is 14.9 Å². The lowest BCUT2D eigenvalue weighted by molar-refractivity contribution is 0.0635. The summed E-state index contributed by atoms with van der Waals surface area (Å²) in [5, 5.41) is 2.50. The summed E-state index contributed by atoms with van der Waals surface area (Å²) in [6, 6.07) is 12.5. The van der Waals surface area contributed by atoms with Crippen LogP contribution in [0.4, 0.5) is 10.5 Å². The second-order valence-corrected chi connectivity index (χ2v) is 8.02. The highest BCUT2D eigenvalue weighted by molar-refractivity contribution is 7.87. The molecule has 0 radical (unpaired) electrons. The predicted octanol–water partition coefficient (Wildman–Crippen LogP) is 4.11. The standard InChI is InChI=1S/C18H21NO5S/c1-13-9-11-14(12-10-13)25(21,22)24-16-8-6-5-7-15(16)19-17(20)23-18(2,3)4/h5-12H,1-4H3,(H,19,20). The molecule has 7 heteroatoms. The van der Waals surface area contributed by atoms with Crippen LogP contribution in [0, 0.1) is 6.92 Å². The molecule has 0 spiro atoms. The highest BCUT2D eigenvalue weighted by Crippen LogP contribution is 2.28. The molecule has 6 nitrogen and oxygen atoms in total. The van der Waals surface area contributed by atoms with Gasteiger partial charge >= 0.3 is 16.2 Å². The molecule has 0 aromatic heterocycles. The molecule has 0 aliphatic carbocycles. The van der Waals surface area contributed by atoms with Crippen molar-refractivity contribution in [1.29, 1.82) is 0 Å². The minimum Gasteiger partial charge on any atom is -0.444 e. The first kappa shape index (κ1) is 18.8. The zero-order valence-electron chi connectivity index (χ0n) is 14.6. The molecule has 0 saturated carbocycles. The van der Waals surface area contributed by atoms with Gasteiger partial charge in [0.25, 0.3) is 0 Å². The number of hydrogen-bond acceptors (Lipinski definition) is 5. The summed E-state index contributed by atoms with van der Waals surface area (Å²) in [7, 11) is -4.02. The molecule has 25 heavy (non-hydrogen) atoms. The molecule has 1 amide bonds. The van der Waals surface area contributed by atoms with Crippen LogP contribution in [0.15, 0.2) is 53.4 Å². The van der Waals surface area contributed by atoms with Gasteiger partial charge in [-0.15, -0.1) is 0 Å². The zero-order chi connectivity index (χ0) is 18.7. The topological polar surface area (TPSA) is 81.7 Å². The summed E-state index contributed by atoms with van der Waals surface area (Å²) >= 11 is 0. The minimum atomic E-state index is -4.02. The molecule has 0 saturated heterocycles. The lowest BCUT2D eigenvalue weighted by atomic mass is 10.2. The van der Waals surface area contributed by atoms with Crippen molar-refractivity contribution in [2.45, 2.75) is 38.2 Å². The fourth-order valence-electron chi connectivity index (χ4n) is 1.93. The summed E-state index contributed by atoms with van der Waals surface area (Å²) in [6.45, 7) is 7.06. The fourth-order valence-corrected chi connectivity index (χ4v) is 2.87. The van der Waals surface area contributed by atoms with E-state index in [0.29, 0.717) is 0 Å². The monoisotopic (exact) mass is 363 g/mol. The number of benzene rings is 2. The van der Waals surface area contributed by atoms with Crippen molar-refractivity contribution in [3.05, 3.63) is 54.1 Å². The van der Waals surface area contributed by atoms with Crippen LogP contribution in [-0.4, -0.2) is 20.1 Å². The van der Waals surface area contributed by atoms with Crippen LogP contribution in [0.2, 0.25) is 0 Å². The van der Waals surface area contributed by atoms with Crippen molar-refractivity contribution in [3.63, 3.8) is 0 Å². The Bertz CT molecular complexity index is 852. The smallest absolute Gasteiger partial charge is 0.412 e. The lowest BCUT2D eigenvalue weighted by Crippen LogP contribution is -2.27. The van der Waals surface area contributed by atoms with Gasteiger partial charge in [-0.25, -0.2) is 4.79 Å². The molecule has 0 atom stereocenters. The van der Waals surface area contributed by atoms with E-state index in [1.54, 1.807) is 45.0 Å². The molecular formula is C18H21NO5S. The summed E-state index contributed by atoms with van der Waals surface area (Å²) in [5.74, 6) is 0.00827. The van der Waals surface area contributed by atoms with Gasteiger partial charge in [0, 0.05) is 0 Å². The minimum absolute atomic E-state index is 0.00827.